The first-order valence-electron chi connectivity index (χ1n) is 5.56. The molecule has 18 heavy (non-hydrogen) atoms. The van der Waals surface area contributed by atoms with Crippen molar-refractivity contribution >= 4 is 6.09 Å². The third kappa shape index (κ3) is 2.30. The average molecular weight is 254 g/mol. The fraction of sp³-hybridized carbons (Fsp3) is 0.455. The van der Waals surface area contributed by atoms with Gasteiger partial charge in [-0.05, 0) is 12.5 Å². The van der Waals surface area contributed by atoms with E-state index in [2.05, 4.69) is 0 Å². The van der Waals surface area contributed by atoms with Gasteiger partial charge in [0.05, 0.1) is 12.1 Å². The Labute approximate surface area is 103 Å². The van der Waals surface area contributed by atoms with Crippen LogP contribution in [0.3, 0.4) is 0 Å². The number of likely N-dealkylation sites (tertiary alicyclic amines) is 1. The molecule has 0 aromatic carbocycles. The normalized spacial score (nSPS) is 23.9. The molecule has 2 unspecified atom stereocenters. The molecular weight excluding hydrogens is 240 g/mol. The van der Waals surface area contributed by atoms with E-state index in [-0.39, 0.29) is 25.3 Å². The SMILES string of the molecule is O=C(O)N1CCC(O)C(n2ccc(O)cc2=O)C1. The predicted octanol–water partition coefficient (Wildman–Crippen LogP) is -0.160. The summed E-state index contributed by atoms with van der Waals surface area (Å²) in [5, 5.41) is 28.0. The Morgan fingerprint density at radius 2 is 2.17 bits per heavy atom. The van der Waals surface area contributed by atoms with Crippen LogP contribution in [0.1, 0.15) is 12.5 Å². The van der Waals surface area contributed by atoms with E-state index in [0.717, 1.165) is 11.0 Å². The van der Waals surface area contributed by atoms with Crippen molar-refractivity contribution in [1.29, 1.82) is 0 Å². The van der Waals surface area contributed by atoms with Crippen LogP contribution in [0.2, 0.25) is 0 Å². The van der Waals surface area contributed by atoms with Gasteiger partial charge in [-0.25, -0.2) is 4.79 Å². The van der Waals surface area contributed by atoms with E-state index in [9.17, 15) is 14.7 Å². The van der Waals surface area contributed by atoms with Crippen molar-refractivity contribution in [2.24, 2.45) is 0 Å². The highest BCUT2D eigenvalue weighted by atomic mass is 16.4. The highest BCUT2D eigenvalue weighted by Crippen LogP contribution is 2.21. The van der Waals surface area contributed by atoms with Crippen LogP contribution in [0.4, 0.5) is 4.79 Å². The molecule has 0 radical (unpaired) electrons. The van der Waals surface area contributed by atoms with Gasteiger partial charge in [-0.1, -0.05) is 0 Å². The minimum atomic E-state index is -1.07. The summed E-state index contributed by atoms with van der Waals surface area (Å²) >= 11 is 0. The molecule has 0 bridgehead atoms. The zero-order valence-electron chi connectivity index (χ0n) is 9.56. The lowest BCUT2D eigenvalue weighted by atomic mass is 10.0. The summed E-state index contributed by atoms with van der Waals surface area (Å²) in [6, 6.07) is 1.74. The summed E-state index contributed by atoms with van der Waals surface area (Å²) in [6.45, 7) is 0.307. The first kappa shape index (κ1) is 12.4. The van der Waals surface area contributed by atoms with Gasteiger partial charge in [-0.3, -0.25) is 4.79 Å². The molecule has 0 aliphatic carbocycles. The van der Waals surface area contributed by atoms with Crippen molar-refractivity contribution in [3.63, 3.8) is 0 Å². The summed E-state index contributed by atoms with van der Waals surface area (Å²) in [7, 11) is 0. The topological polar surface area (TPSA) is 103 Å². The van der Waals surface area contributed by atoms with Crippen molar-refractivity contribution < 1.29 is 20.1 Å². The molecule has 7 heteroatoms. The molecule has 2 rings (SSSR count). The Kier molecular flexibility index (Phi) is 3.24. The molecule has 1 aliphatic heterocycles. The smallest absolute Gasteiger partial charge is 0.407 e. The highest BCUT2D eigenvalue weighted by molar-refractivity contribution is 5.65. The second-order valence-corrected chi connectivity index (χ2v) is 4.28. The molecule has 1 amide bonds. The molecule has 98 valence electrons. The van der Waals surface area contributed by atoms with Gasteiger partial charge < -0.3 is 24.8 Å². The van der Waals surface area contributed by atoms with Gasteiger partial charge >= 0.3 is 6.09 Å². The van der Waals surface area contributed by atoms with Crippen LogP contribution in [-0.2, 0) is 0 Å². The molecule has 3 N–H and O–H groups in total. The van der Waals surface area contributed by atoms with Crippen molar-refractivity contribution in [2.45, 2.75) is 18.6 Å². The summed E-state index contributed by atoms with van der Waals surface area (Å²) in [5.74, 6) is -0.156. The van der Waals surface area contributed by atoms with Crippen LogP contribution in [0.5, 0.6) is 5.75 Å². The maximum atomic E-state index is 11.7. The van der Waals surface area contributed by atoms with Crippen LogP contribution in [0.25, 0.3) is 0 Å². The largest absolute Gasteiger partial charge is 0.508 e. The fourth-order valence-corrected chi connectivity index (χ4v) is 2.12. The van der Waals surface area contributed by atoms with Crippen LogP contribution >= 0.6 is 0 Å². The van der Waals surface area contributed by atoms with Gasteiger partial charge in [0.2, 0.25) is 0 Å². The Morgan fingerprint density at radius 1 is 1.44 bits per heavy atom. The molecule has 1 aliphatic rings. The number of piperidine rings is 1. The zero-order valence-corrected chi connectivity index (χ0v) is 9.56. The van der Waals surface area contributed by atoms with Crippen molar-refractivity contribution in [2.75, 3.05) is 13.1 Å². The number of aromatic hydroxyl groups is 1. The van der Waals surface area contributed by atoms with Crippen molar-refractivity contribution in [3.8, 4) is 5.75 Å². The number of nitrogens with zero attached hydrogens (tertiary/aromatic N) is 2. The minimum absolute atomic E-state index is 0.0567. The van der Waals surface area contributed by atoms with Crippen LogP contribution in [0.15, 0.2) is 23.1 Å². The summed E-state index contributed by atoms with van der Waals surface area (Å²) < 4.78 is 1.25. The predicted molar refractivity (Wildman–Crippen MR) is 61.6 cm³/mol. The molecule has 1 saturated heterocycles. The molecule has 2 heterocycles. The Morgan fingerprint density at radius 3 is 2.78 bits per heavy atom. The van der Waals surface area contributed by atoms with Gasteiger partial charge in [-0.15, -0.1) is 0 Å². The van der Waals surface area contributed by atoms with Gasteiger partial charge in [-0.2, -0.15) is 0 Å². The lowest BCUT2D eigenvalue weighted by molar-refractivity contribution is 0.0335. The second kappa shape index (κ2) is 4.69. The first-order valence-corrected chi connectivity index (χ1v) is 5.56. The number of hydrogen-bond donors (Lipinski definition) is 3. The number of rotatable bonds is 1. The van der Waals surface area contributed by atoms with E-state index in [1.165, 1.54) is 16.8 Å². The molecular formula is C11H14N2O5. The van der Waals surface area contributed by atoms with E-state index in [4.69, 9.17) is 10.2 Å². The maximum Gasteiger partial charge on any atom is 0.407 e. The third-order valence-corrected chi connectivity index (χ3v) is 3.11. The quantitative estimate of drug-likeness (QED) is 0.646. The minimum Gasteiger partial charge on any atom is -0.508 e. The lowest BCUT2D eigenvalue weighted by Gasteiger charge is -2.35. The first-order chi connectivity index (χ1) is 8.49. The Balaban J connectivity index is 2.29. The number of pyridine rings is 1. The van der Waals surface area contributed by atoms with Crippen molar-refractivity contribution in [1.82, 2.24) is 9.47 Å². The monoisotopic (exact) mass is 254 g/mol. The molecule has 0 spiro atoms. The van der Waals surface area contributed by atoms with Crippen LogP contribution < -0.4 is 5.56 Å². The van der Waals surface area contributed by atoms with E-state index in [1.54, 1.807) is 0 Å². The van der Waals surface area contributed by atoms with Crippen LogP contribution in [0, 0.1) is 0 Å². The lowest BCUT2D eigenvalue weighted by Crippen LogP contribution is -2.48. The Hall–Kier alpha value is -2.02. The van der Waals surface area contributed by atoms with E-state index < -0.39 is 23.8 Å². The van der Waals surface area contributed by atoms with Crippen LogP contribution in [-0.4, -0.2) is 50.1 Å². The number of hydrogen-bond acceptors (Lipinski definition) is 4. The average Bonchev–Trinajstić information content (AvgIpc) is 2.30. The fourth-order valence-electron chi connectivity index (χ4n) is 2.12. The van der Waals surface area contributed by atoms with E-state index in [0.29, 0.717) is 0 Å². The van der Waals surface area contributed by atoms with Crippen molar-refractivity contribution in [3.05, 3.63) is 28.7 Å². The Bertz CT molecular complexity index is 512. The summed E-state index contributed by atoms with van der Waals surface area (Å²) in [5.41, 5.74) is -0.466. The summed E-state index contributed by atoms with van der Waals surface area (Å²) in [6.07, 6.45) is -0.206. The number of aliphatic hydroxyl groups excluding tert-OH is 1. The van der Waals surface area contributed by atoms with Gasteiger partial charge in [0.25, 0.3) is 5.56 Å². The highest BCUT2D eigenvalue weighted by Gasteiger charge is 2.31. The third-order valence-electron chi connectivity index (χ3n) is 3.11. The molecule has 7 nitrogen and oxygen atoms in total. The number of aromatic nitrogens is 1. The van der Waals surface area contributed by atoms with Gasteiger partial charge in [0.1, 0.15) is 5.75 Å². The number of carbonyl (C=O) groups is 1. The second-order valence-electron chi connectivity index (χ2n) is 4.28. The van der Waals surface area contributed by atoms with Gasteiger partial charge in [0, 0.05) is 25.4 Å². The summed E-state index contributed by atoms with van der Waals surface area (Å²) in [4.78, 5) is 23.7. The number of carboxylic acid groups (broad SMARTS) is 1. The van der Waals surface area contributed by atoms with E-state index >= 15 is 0 Å². The van der Waals surface area contributed by atoms with E-state index in [1.807, 2.05) is 0 Å². The standard InChI is InChI=1S/C11H14N2O5/c14-7-1-4-13(10(16)5-7)8-6-12(11(17)18)3-2-9(8)15/h1,4-5,8-9,14-15H,2-3,6H2,(H,17,18). The molecule has 2 atom stereocenters. The molecule has 0 saturated carbocycles. The zero-order chi connectivity index (χ0) is 13.3. The number of aliphatic hydroxyl groups is 1. The number of amides is 1. The molecule has 1 aromatic heterocycles. The molecule has 1 fully saturated rings. The van der Waals surface area contributed by atoms with Gasteiger partial charge in [0.15, 0.2) is 0 Å². The maximum absolute atomic E-state index is 11.7. The molecule has 1 aromatic rings.